The van der Waals surface area contributed by atoms with E-state index in [9.17, 15) is 13.6 Å². The topological polar surface area (TPSA) is 64.3 Å². The van der Waals surface area contributed by atoms with Crippen molar-refractivity contribution in [1.29, 1.82) is 0 Å². The molecular weight excluding hydrogens is 430 g/mol. The van der Waals surface area contributed by atoms with Gasteiger partial charge in [0.25, 0.3) is 0 Å². The average molecular weight is 453 g/mol. The molecule has 0 aliphatic heterocycles. The number of benzene rings is 3. The molecule has 0 radical (unpaired) electrons. The van der Waals surface area contributed by atoms with Gasteiger partial charge in [0.2, 0.25) is 5.91 Å². The van der Waals surface area contributed by atoms with Crippen LogP contribution in [0.15, 0.2) is 84.3 Å². The molecule has 0 spiro atoms. The van der Waals surface area contributed by atoms with Crippen molar-refractivity contribution in [3.05, 3.63) is 113 Å². The Kier molecular flexibility index (Phi) is 8.45. The zero-order valence-electron chi connectivity index (χ0n) is 17.1. The molecule has 164 valence electrons. The molecule has 0 heterocycles. The lowest BCUT2D eigenvalue weighted by molar-refractivity contribution is -0.116. The maximum Gasteiger partial charge on any atom is 0.244 e. The van der Waals surface area contributed by atoms with Gasteiger partial charge in [-0.3, -0.25) is 4.79 Å². The fraction of sp³-hybridized carbons (Fsp3) is 0.0800. The van der Waals surface area contributed by atoms with Crippen molar-refractivity contribution in [1.82, 2.24) is 5.32 Å². The normalized spacial score (nSPS) is 11.5. The lowest BCUT2D eigenvalue weighted by Crippen LogP contribution is -2.19. The van der Waals surface area contributed by atoms with Gasteiger partial charge in [-0.1, -0.05) is 24.3 Å². The Balaban J connectivity index is 1.41. The summed E-state index contributed by atoms with van der Waals surface area (Å²) in [6, 6.07) is 19.4. The van der Waals surface area contributed by atoms with E-state index in [0.29, 0.717) is 22.9 Å². The molecular formula is C25H22F2N2O2S. The smallest absolute Gasteiger partial charge is 0.244 e. The summed E-state index contributed by atoms with van der Waals surface area (Å²) in [5.74, 6) is 0.142. The molecule has 0 saturated carbocycles. The third-order valence-corrected chi connectivity index (χ3v) is 5.05. The highest BCUT2D eigenvalue weighted by Crippen LogP contribution is 2.16. The van der Waals surface area contributed by atoms with E-state index in [4.69, 9.17) is 10.5 Å². The molecule has 0 aliphatic carbocycles. The van der Waals surface area contributed by atoms with Crippen molar-refractivity contribution in [2.75, 3.05) is 5.88 Å². The summed E-state index contributed by atoms with van der Waals surface area (Å²) in [5.41, 5.74) is 8.74. The number of nitrogens with two attached hydrogens (primary N) is 1. The summed E-state index contributed by atoms with van der Waals surface area (Å²) in [5, 5.41) is 4.45. The molecule has 0 saturated heterocycles. The van der Waals surface area contributed by atoms with Gasteiger partial charge in [0.05, 0.1) is 5.88 Å². The summed E-state index contributed by atoms with van der Waals surface area (Å²) in [7, 11) is 0. The first kappa shape index (κ1) is 23.1. The number of nitrogens with one attached hydrogen (secondary N) is 1. The van der Waals surface area contributed by atoms with Crippen LogP contribution in [0.5, 0.6) is 5.75 Å². The second-order valence-electron chi connectivity index (χ2n) is 6.75. The quantitative estimate of drug-likeness (QED) is 0.262. The molecule has 3 aromatic carbocycles. The molecule has 0 unspecified atom stereocenters. The Morgan fingerprint density at radius 3 is 2.47 bits per heavy atom. The van der Waals surface area contributed by atoms with E-state index in [1.54, 1.807) is 47.9 Å². The van der Waals surface area contributed by atoms with E-state index in [0.717, 1.165) is 11.1 Å². The van der Waals surface area contributed by atoms with Gasteiger partial charge in [-0.2, -0.15) is 0 Å². The number of halogens is 2. The van der Waals surface area contributed by atoms with E-state index in [2.05, 4.69) is 5.32 Å². The second-order valence-corrected chi connectivity index (χ2v) is 7.61. The first-order valence-electron chi connectivity index (χ1n) is 9.76. The molecule has 0 aromatic heterocycles. The minimum Gasteiger partial charge on any atom is -0.489 e. The number of carbonyl (C=O) groups excluding carboxylic acids is 1. The number of thioether (sulfide) groups is 1. The Bertz CT molecular complexity index is 1100. The molecule has 4 nitrogen and oxygen atoms in total. The van der Waals surface area contributed by atoms with Crippen molar-refractivity contribution < 1.29 is 18.3 Å². The molecule has 0 fully saturated rings. The summed E-state index contributed by atoms with van der Waals surface area (Å²) >= 11 is 1.33. The minimum atomic E-state index is -0.320. The van der Waals surface area contributed by atoms with E-state index in [1.807, 2.05) is 12.1 Å². The lowest BCUT2D eigenvalue weighted by atomic mass is 10.2. The van der Waals surface area contributed by atoms with Crippen molar-refractivity contribution in [3.8, 4) is 5.75 Å². The standard InChI is InChI=1S/C25H22F2N2O2S/c26-21-9-7-20(8-10-21)24(28)16-32-17-29-25(30)13-6-18-4-11-23(12-5-18)31-15-19-2-1-3-22(27)14-19/h1-14,16H,15,17,28H2,(H,29,30)/b13-6+,24-16-. The third kappa shape index (κ3) is 7.59. The molecule has 0 bridgehead atoms. The number of rotatable bonds is 9. The summed E-state index contributed by atoms with van der Waals surface area (Å²) in [6.45, 7) is 0.271. The third-order valence-electron chi connectivity index (χ3n) is 4.32. The second kappa shape index (κ2) is 11.7. The van der Waals surface area contributed by atoms with Crippen molar-refractivity contribution in [3.63, 3.8) is 0 Å². The maximum atomic E-state index is 13.2. The summed E-state index contributed by atoms with van der Waals surface area (Å²) < 4.78 is 31.8. The first-order valence-corrected chi connectivity index (χ1v) is 10.8. The Hall–Kier alpha value is -3.58. The Labute approximate surface area is 189 Å². The maximum absolute atomic E-state index is 13.2. The molecule has 0 aliphatic rings. The monoisotopic (exact) mass is 452 g/mol. The largest absolute Gasteiger partial charge is 0.489 e. The highest BCUT2D eigenvalue weighted by atomic mass is 32.2. The van der Waals surface area contributed by atoms with E-state index in [1.165, 1.54) is 42.1 Å². The van der Waals surface area contributed by atoms with Crippen LogP contribution in [0.1, 0.15) is 16.7 Å². The summed E-state index contributed by atoms with van der Waals surface area (Å²) in [6.07, 6.45) is 3.13. The molecule has 3 aromatic rings. The van der Waals surface area contributed by atoms with Crippen LogP contribution < -0.4 is 15.8 Å². The van der Waals surface area contributed by atoms with Gasteiger partial charge >= 0.3 is 0 Å². The Morgan fingerprint density at radius 1 is 1.00 bits per heavy atom. The minimum absolute atomic E-state index is 0.238. The van der Waals surface area contributed by atoms with Gasteiger partial charge in [0.1, 0.15) is 24.0 Å². The fourth-order valence-corrected chi connectivity index (χ4v) is 3.28. The Morgan fingerprint density at radius 2 is 1.75 bits per heavy atom. The van der Waals surface area contributed by atoms with Crippen LogP contribution in [0.25, 0.3) is 11.8 Å². The van der Waals surface area contributed by atoms with Gasteiger partial charge in [-0.15, -0.1) is 11.8 Å². The van der Waals surface area contributed by atoms with Crippen LogP contribution in [0.2, 0.25) is 0 Å². The van der Waals surface area contributed by atoms with Gasteiger partial charge in [-0.25, -0.2) is 8.78 Å². The zero-order valence-corrected chi connectivity index (χ0v) is 17.9. The van der Waals surface area contributed by atoms with Crippen LogP contribution in [0.4, 0.5) is 8.78 Å². The van der Waals surface area contributed by atoms with Gasteiger partial charge in [-0.05, 0) is 76.7 Å². The molecule has 7 heteroatoms. The first-order chi connectivity index (χ1) is 15.5. The van der Waals surface area contributed by atoms with E-state index in [-0.39, 0.29) is 24.1 Å². The van der Waals surface area contributed by atoms with Crippen LogP contribution in [-0.4, -0.2) is 11.8 Å². The van der Waals surface area contributed by atoms with Crippen molar-refractivity contribution in [2.24, 2.45) is 5.73 Å². The van der Waals surface area contributed by atoms with Crippen LogP contribution in [0, 0.1) is 11.6 Å². The predicted molar refractivity (Wildman–Crippen MR) is 125 cm³/mol. The molecule has 0 atom stereocenters. The fourth-order valence-electron chi connectivity index (χ4n) is 2.65. The molecule has 3 N–H and O–H groups in total. The number of carbonyl (C=O) groups is 1. The predicted octanol–water partition coefficient (Wildman–Crippen LogP) is 5.32. The number of hydrogen-bond donors (Lipinski definition) is 2. The average Bonchev–Trinajstić information content (AvgIpc) is 2.80. The molecule has 3 rings (SSSR count). The van der Waals surface area contributed by atoms with Crippen LogP contribution in [0.3, 0.4) is 0 Å². The van der Waals surface area contributed by atoms with Crippen molar-refractivity contribution in [2.45, 2.75) is 6.61 Å². The highest BCUT2D eigenvalue weighted by Gasteiger charge is 2.00. The summed E-state index contributed by atoms with van der Waals surface area (Å²) in [4.78, 5) is 12.0. The number of hydrogen-bond acceptors (Lipinski definition) is 4. The van der Waals surface area contributed by atoms with Crippen molar-refractivity contribution >= 4 is 29.4 Å². The van der Waals surface area contributed by atoms with Crippen LogP contribution in [-0.2, 0) is 11.4 Å². The van der Waals surface area contributed by atoms with Crippen LogP contribution >= 0.6 is 11.8 Å². The van der Waals surface area contributed by atoms with Gasteiger partial charge < -0.3 is 15.8 Å². The molecule has 1 amide bonds. The van der Waals surface area contributed by atoms with E-state index < -0.39 is 0 Å². The SMILES string of the molecule is N/C(=C\SCNC(=O)/C=C/c1ccc(OCc2cccc(F)c2)cc1)c1ccc(F)cc1. The highest BCUT2D eigenvalue weighted by molar-refractivity contribution is 8.02. The van der Waals surface area contributed by atoms with Gasteiger partial charge in [0.15, 0.2) is 0 Å². The number of ether oxygens (including phenoxy) is 1. The number of amides is 1. The lowest BCUT2D eigenvalue weighted by Gasteiger charge is -2.06. The van der Waals surface area contributed by atoms with Gasteiger partial charge in [0, 0.05) is 11.8 Å². The molecule has 32 heavy (non-hydrogen) atoms. The van der Waals surface area contributed by atoms with E-state index >= 15 is 0 Å². The zero-order chi connectivity index (χ0) is 22.8.